The predicted octanol–water partition coefficient (Wildman–Crippen LogP) is 2.53. The fraction of sp³-hybridized carbons (Fsp3) is 0.250. The van der Waals surface area contributed by atoms with Crippen LogP contribution in [-0.4, -0.2) is 38.4 Å². The molecule has 1 spiro atoms. The Bertz CT molecular complexity index is 1240. The molecule has 1 unspecified atom stereocenters. The standard InChI is InChI=1S/C24H21N3O6/c28-22-24(13-31-19-11-21-20(10-17(19)24)32-14-33-21)16-5-1-2-6-18(16)27(22)8-7-25-23(29)26-12-15-4-3-9-30-15/h1-6,9-11H,7-8,12-14H2,(H2,25,26,29). The lowest BCUT2D eigenvalue weighted by Gasteiger charge is -2.23. The number of urea groups is 1. The Kier molecular flexibility index (Phi) is 4.42. The number of fused-ring (bicyclic) bond motifs is 5. The zero-order valence-electron chi connectivity index (χ0n) is 17.6. The summed E-state index contributed by atoms with van der Waals surface area (Å²) in [5.74, 6) is 2.43. The molecule has 1 atom stereocenters. The van der Waals surface area contributed by atoms with E-state index in [4.69, 9.17) is 18.6 Å². The monoisotopic (exact) mass is 447 g/mol. The van der Waals surface area contributed by atoms with Gasteiger partial charge >= 0.3 is 6.03 Å². The van der Waals surface area contributed by atoms with Gasteiger partial charge < -0.3 is 34.2 Å². The van der Waals surface area contributed by atoms with Crippen LogP contribution in [0.25, 0.3) is 0 Å². The van der Waals surface area contributed by atoms with Crippen molar-refractivity contribution in [2.24, 2.45) is 0 Å². The minimum absolute atomic E-state index is 0.0842. The summed E-state index contributed by atoms with van der Waals surface area (Å²) in [7, 11) is 0. The molecule has 3 aliphatic rings. The molecular formula is C24H21N3O6. The third-order valence-electron chi connectivity index (χ3n) is 6.27. The first-order valence-electron chi connectivity index (χ1n) is 10.7. The second kappa shape index (κ2) is 7.47. The van der Waals surface area contributed by atoms with Crippen molar-refractivity contribution in [2.45, 2.75) is 12.0 Å². The molecule has 0 bridgehead atoms. The zero-order valence-corrected chi connectivity index (χ0v) is 17.6. The quantitative estimate of drug-likeness (QED) is 0.623. The maximum absolute atomic E-state index is 13.8. The van der Waals surface area contributed by atoms with Gasteiger partial charge in [0.1, 0.15) is 23.5 Å². The highest BCUT2D eigenvalue weighted by Crippen LogP contribution is 2.54. The van der Waals surface area contributed by atoms with E-state index in [1.807, 2.05) is 30.3 Å². The molecule has 4 heterocycles. The van der Waals surface area contributed by atoms with Crippen LogP contribution < -0.4 is 29.7 Å². The van der Waals surface area contributed by atoms with Gasteiger partial charge in [0.2, 0.25) is 12.7 Å². The average molecular weight is 447 g/mol. The highest BCUT2D eigenvalue weighted by atomic mass is 16.7. The number of furan rings is 1. The van der Waals surface area contributed by atoms with Crippen LogP contribution >= 0.6 is 0 Å². The van der Waals surface area contributed by atoms with E-state index in [-0.39, 0.29) is 38.4 Å². The number of nitrogens with one attached hydrogen (secondary N) is 2. The molecule has 0 fully saturated rings. The maximum Gasteiger partial charge on any atom is 0.315 e. The molecule has 33 heavy (non-hydrogen) atoms. The number of carbonyl (C=O) groups excluding carboxylic acids is 2. The van der Waals surface area contributed by atoms with Crippen LogP contribution in [-0.2, 0) is 16.8 Å². The van der Waals surface area contributed by atoms with Gasteiger partial charge in [0.05, 0.1) is 12.8 Å². The van der Waals surface area contributed by atoms with E-state index in [9.17, 15) is 9.59 Å². The van der Waals surface area contributed by atoms with E-state index in [1.165, 1.54) is 0 Å². The Hall–Kier alpha value is -4.14. The van der Waals surface area contributed by atoms with Crippen molar-refractivity contribution in [3.05, 3.63) is 71.7 Å². The molecule has 9 heteroatoms. The van der Waals surface area contributed by atoms with Gasteiger partial charge in [-0.25, -0.2) is 4.79 Å². The van der Waals surface area contributed by atoms with Gasteiger partial charge in [-0.15, -0.1) is 0 Å². The summed E-state index contributed by atoms with van der Waals surface area (Å²) < 4.78 is 22.2. The number of hydrogen-bond acceptors (Lipinski definition) is 6. The van der Waals surface area contributed by atoms with Crippen LogP contribution in [0.1, 0.15) is 16.9 Å². The smallest absolute Gasteiger partial charge is 0.315 e. The molecule has 1 aromatic heterocycles. The summed E-state index contributed by atoms with van der Waals surface area (Å²) in [6, 6.07) is 14.6. The lowest BCUT2D eigenvalue weighted by molar-refractivity contribution is -0.122. The Morgan fingerprint density at radius 2 is 1.82 bits per heavy atom. The van der Waals surface area contributed by atoms with Gasteiger partial charge in [0.25, 0.3) is 0 Å². The molecule has 0 saturated heterocycles. The van der Waals surface area contributed by atoms with Gasteiger partial charge in [-0.05, 0) is 29.8 Å². The van der Waals surface area contributed by atoms with Crippen molar-refractivity contribution in [3.63, 3.8) is 0 Å². The van der Waals surface area contributed by atoms with Gasteiger partial charge in [0.15, 0.2) is 11.5 Å². The summed E-state index contributed by atoms with van der Waals surface area (Å²) in [5, 5.41) is 5.54. The molecular weight excluding hydrogens is 426 g/mol. The van der Waals surface area contributed by atoms with Crippen LogP contribution in [0, 0.1) is 0 Å². The number of ether oxygens (including phenoxy) is 3. The van der Waals surface area contributed by atoms with Crippen LogP contribution in [0.15, 0.2) is 59.2 Å². The van der Waals surface area contributed by atoms with Crippen molar-refractivity contribution in [2.75, 3.05) is 31.4 Å². The molecule has 3 aliphatic heterocycles. The molecule has 2 N–H and O–H groups in total. The number of rotatable bonds is 5. The van der Waals surface area contributed by atoms with E-state index >= 15 is 0 Å². The highest BCUT2D eigenvalue weighted by Gasteiger charge is 2.57. The first kappa shape index (κ1) is 19.5. The van der Waals surface area contributed by atoms with Crippen LogP contribution in [0.4, 0.5) is 10.5 Å². The molecule has 0 saturated carbocycles. The van der Waals surface area contributed by atoms with E-state index in [2.05, 4.69) is 10.6 Å². The fourth-order valence-corrected chi connectivity index (χ4v) is 4.71. The minimum Gasteiger partial charge on any atom is -0.491 e. The maximum atomic E-state index is 13.8. The van der Waals surface area contributed by atoms with Crippen LogP contribution in [0.5, 0.6) is 17.2 Å². The number of nitrogens with zero attached hydrogens (tertiary/aromatic N) is 1. The number of amides is 3. The number of hydrogen-bond donors (Lipinski definition) is 2. The van der Waals surface area contributed by atoms with Crippen molar-refractivity contribution in [1.82, 2.24) is 10.6 Å². The largest absolute Gasteiger partial charge is 0.491 e. The number of carbonyl (C=O) groups is 2. The SMILES string of the molecule is O=C(NCCN1C(=O)C2(COc3cc4c(cc32)OCO4)c2ccccc21)NCc1ccco1. The Labute approximate surface area is 189 Å². The normalized spacial score (nSPS) is 19.4. The molecule has 6 rings (SSSR count). The van der Waals surface area contributed by atoms with Crippen LogP contribution in [0.2, 0.25) is 0 Å². The summed E-state index contributed by atoms with van der Waals surface area (Å²) in [6.07, 6.45) is 1.56. The van der Waals surface area contributed by atoms with Crippen molar-refractivity contribution in [1.29, 1.82) is 0 Å². The molecule has 3 amide bonds. The van der Waals surface area contributed by atoms with Crippen molar-refractivity contribution in [3.8, 4) is 17.2 Å². The first-order valence-corrected chi connectivity index (χ1v) is 10.7. The molecule has 0 aliphatic carbocycles. The summed E-state index contributed by atoms with van der Waals surface area (Å²) in [6.45, 7) is 1.25. The Morgan fingerprint density at radius 3 is 2.67 bits per heavy atom. The number of benzene rings is 2. The lowest BCUT2D eigenvalue weighted by Crippen LogP contribution is -2.46. The molecule has 9 nitrogen and oxygen atoms in total. The van der Waals surface area contributed by atoms with E-state index in [1.54, 1.807) is 29.4 Å². The second-order valence-electron chi connectivity index (χ2n) is 8.06. The van der Waals surface area contributed by atoms with Gasteiger partial charge in [-0.1, -0.05) is 18.2 Å². The van der Waals surface area contributed by atoms with Crippen molar-refractivity contribution < 1.29 is 28.2 Å². The molecule has 0 radical (unpaired) electrons. The number of anilines is 1. The fourth-order valence-electron chi connectivity index (χ4n) is 4.71. The molecule has 2 aromatic carbocycles. The first-order chi connectivity index (χ1) is 16.2. The summed E-state index contributed by atoms with van der Waals surface area (Å²) in [4.78, 5) is 27.7. The third-order valence-corrected chi connectivity index (χ3v) is 6.27. The van der Waals surface area contributed by atoms with E-state index < -0.39 is 5.41 Å². The minimum atomic E-state index is -0.950. The third kappa shape index (κ3) is 3.00. The van der Waals surface area contributed by atoms with Crippen molar-refractivity contribution >= 4 is 17.6 Å². The summed E-state index contributed by atoms with van der Waals surface area (Å²) >= 11 is 0. The molecule has 168 valence electrons. The Balaban J connectivity index is 1.22. The van der Waals surface area contributed by atoms with Gasteiger partial charge in [0, 0.05) is 30.4 Å². The highest BCUT2D eigenvalue weighted by molar-refractivity contribution is 6.11. The molecule has 3 aromatic rings. The summed E-state index contributed by atoms with van der Waals surface area (Å²) in [5.41, 5.74) is 1.52. The van der Waals surface area contributed by atoms with E-state index in [0.29, 0.717) is 29.6 Å². The van der Waals surface area contributed by atoms with Gasteiger partial charge in [-0.2, -0.15) is 0 Å². The van der Waals surface area contributed by atoms with E-state index in [0.717, 1.165) is 16.8 Å². The second-order valence-corrected chi connectivity index (χ2v) is 8.06. The topological polar surface area (TPSA) is 102 Å². The lowest BCUT2D eigenvalue weighted by atomic mass is 9.77. The number of para-hydroxylation sites is 1. The Morgan fingerprint density at radius 1 is 0.970 bits per heavy atom. The van der Waals surface area contributed by atoms with Gasteiger partial charge in [-0.3, -0.25) is 4.79 Å². The predicted molar refractivity (Wildman–Crippen MR) is 117 cm³/mol. The zero-order chi connectivity index (χ0) is 22.4. The average Bonchev–Trinajstić information content (AvgIpc) is 3.61. The van der Waals surface area contributed by atoms with Crippen LogP contribution in [0.3, 0.4) is 0 Å².